The molecule has 0 radical (unpaired) electrons. The summed E-state index contributed by atoms with van der Waals surface area (Å²) in [5, 5.41) is 3.40. The molecular formula is C14H17NO2. The smallest absolute Gasteiger partial charge is 0.123 e. The Morgan fingerprint density at radius 1 is 1.24 bits per heavy atom. The number of rotatable bonds is 5. The number of hydrogen-bond donors (Lipinski definition) is 1. The summed E-state index contributed by atoms with van der Waals surface area (Å²) in [6.45, 7) is 2.83. The standard InChI is InChI=1S/C14H17NO2/c1-11(13-8-5-9-17-13)15-10-12-6-3-4-7-14(12)16-2/h3-9,11,15H,10H2,1-2H3/t11-/m0/s1. The van der Waals surface area contributed by atoms with E-state index in [1.165, 1.54) is 0 Å². The molecule has 1 aromatic heterocycles. The first kappa shape index (κ1) is 11.7. The predicted molar refractivity (Wildman–Crippen MR) is 67.0 cm³/mol. The zero-order valence-electron chi connectivity index (χ0n) is 10.1. The maximum absolute atomic E-state index is 5.35. The molecule has 17 heavy (non-hydrogen) atoms. The number of benzene rings is 1. The molecule has 90 valence electrons. The molecule has 1 aromatic carbocycles. The van der Waals surface area contributed by atoms with Crippen molar-refractivity contribution in [2.75, 3.05) is 7.11 Å². The SMILES string of the molecule is COc1ccccc1CN[C@@H](C)c1ccco1. The molecule has 2 rings (SSSR count). The lowest BCUT2D eigenvalue weighted by Crippen LogP contribution is -2.17. The normalized spacial score (nSPS) is 12.4. The van der Waals surface area contributed by atoms with Crippen LogP contribution in [0.5, 0.6) is 5.75 Å². The van der Waals surface area contributed by atoms with Crippen molar-refractivity contribution in [3.8, 4) is 5.75 Å². The van der Waals surface area contributed by atoms with Crippen molar-refractivity contribution >= 4 is 0 Å². The molecular weight excluding hydrogens is 214 g/mol. The number of furan rings is 1. The van der Waals surface area contributed by atoms with E-state index in [0.29, 0.717) is 0 Å². The van der Waals surface area contributed by atoms with Crippen molar-refractivity contribution in [3.63, 3.8) is 0 Å². The maximum Gasteiger partial charge on any atom is 0.123 e. The summed E-state index contributed by atoms with van der Waals surface area (Å²) in [5.41, 5.74) is 1.15. The Hall–Kier alpha value is -1.74. The van der Waals surface area contributed by atoms with Gasteiger partial charge >= 0.3 is 0 Å². The summed E-state index contributed by atoms with van der Waals surface area (Å²) in [5.74, 6) is 1.85. The van der Waals surface area contributed by atoms with Gasteiger partial charge in [0.15, 0.2) is 0 Å². The highest BCUT2D eigenvalue weighted by molar-refractivity contribution is 5.33. The first-order valence-corrected chi connectivity index (χ1v) is 5.70. The number of hydrogen-bond acceptors (Lipinski definition) is 3. The van der Waals surface area contributed by atoms with Crippen LogP contribution in [0.3, 0.4) is 0 Å². The molecule has 0 bridgehead atoms. The lowest BCUT2D eigenvalue weighted by atomic mass is 10.2. The van der Waals surface area contributed by atoms with Crippen molar-refractivity contribution in [1.82, 2.24) is 5.32 Å². The molecule has 0 spiro atoms. The van der Waals surface area contributed by atoms with Gasteiger partial charge in [-0.2, -0.15) is 0 Å². The van der Waals surface area contributed by atoms with Gasteiger partial charge in [-0.05, 0) is 25.1 Å². The largest absolute Gasteiger partial charge is 0.496 e. The van der Waals surface area contributed by atoms with E-state index in [2.05, 4.69) is 18.3 Å². The van der Waals surface area contributed by atoms with Gasteiger partial charge in [0.2, 0.25) is 0 Å². The molecule has 0 saturated heterocycles. The number of ether oxygens (including phenoxy) is 1. The molecule has 0 unspecified atom stereocenters. The molecule has 2 aromatic rings. The molecule has 1 heterocycles. The van der Waals surface area contributed by atoms with Gasteiger partial charge in [0.05, 0.1) is 19.4 Å². The van der Waals surface area contributed by atoms with Crippen molar-refractivity contribution in [3.05, 3.63) is 54.0 Å². The van der Waals surface area contributed by atoms with Gasteiger partial charge in [0, 0.05) is 12.1 Å². The Morgan fingerprint density at radius 2 is 2.06 bits per heavy atom. The highest BCUT2D eigenvalue weighted by Crippen LogP contribution is 2.19. The molecule has 0 aliphatic rings. The van der Waals surface area contributed by atoms with E-state index in [-0.39, 0.29) is 6.04 Å². The number of nitrogens with one attached hydrogen (secondary N) is 1. The van der Waals surface area contributed by atoms with Crippen LogP contribution in [-0.2, 0) is 6.54 Å². The van der Waals surface area contributed by atoms with Crippen molar-refractivity contribution in [1.29, 1.82) is 0 Å². The minimum atomic E-state index is 0.190. The van der Waals surface area contributed by atoms with Gasteiger partial charge in [0.1, 0.15) is 11.5 Å². The van der Waals surface area contributed by atoms with Crippen molar-refractivity contribution in [2.24, 2.45) is 0 Å². The van der Waals surface area contributed by atoms with E-state index in [1.807, 2.05) is 30.3 Å². The van der Waals surface area contributed by atoms with E-state index in [0.717, 1.165) is 23.6 Å². The Bertz CT molecular complexity index is 451. The quantitative estimate of drug-likeness (QED) is 0.858. The lowest BCUT2D eigenvalue weighted by molar-refractivity contribution is 0.399. The minimum absolute atomic E-state index is 0.190. The minimum Gasteiger partial charge on any atom is -0.496 e. The predicted octanol–water partition coefficient (Wildman–Crippen LogP) is 3.14. The average Bonchev–Trinajstić information content (AvgIpc) is 2.90. The second-order valence-corrected chi connectivity index (χ2v) is 3.93. The summed E-state index contributed by atoms with van der Waals surface area (Å²) < 4.78 is 10.7. The van der Waals surface area contributed by atoms with E-state index in [9.17, 15) is 0 Å². The third-order valence-electron chi connectivity index (χ3n) is 2.76. The van der Waals surface area contributed by atoms with Gasteiger partial charge < -0.3 is 14.5 Å². The summed E-state index contributed by atoms with van der Waals surface area (Å²) in [6.07, 6.45) is 1.69. The molecule has 1 N–H and O–H groups in total. The number of methoxy groups -OCH3 is 1. The molecule has 0 saturated carbocycles. The molecule has 0 amide bonds. The van der Waals surface area contributed by atoms with E-state index < -0.39 is 0 Å². The molecule has 0 fully saturated rings. The van der Waals surface area contributed by atoms with Crippen LogP contribution in [0, 0.1) is 0 Å². The third kappa shape index (κ3) is 2.88. The fourth-order valence-corrected chi connectivity index (χ4v) is 1.75. The van der Waals surface area contributed by atoms with Crippen LogP contribution in [0.2, 0.25) is 0 Å². The van der Waals surface area contributed by atoms with Gasteiger partial charge in [-0.3, -0.25) is 0 Å². The lowest BCUT2D eigenvalue weighted by Gasteiger charge is -2.13. The monoisotopic (exact) mass is 231 g/mol. The fraction of sp³-hybridized carbons (Fsp3) is 0.286. The number of para-hydroxylation sites is 1. The Labute approximate surface area is 101 Å². The third-order valence-corrected chi connectivity index (χ3v) is 2.76. The van der Waals surface area contributed by atoms with Gasteiger partial charge in [-0.1, -0.05) is 18.2 Å². The second kappa shape index (κ2) is 5.55. The first-order chi connectivity index (χ1) is 8.31. The molecule has 0 aliphatic heterocycles. The van der Waals surface area contributed by atoms with Gasteiger partial charge in [-0.15, -0.1) is 0 Å². The van der Waals surface area contributed by atoms with E-state index in [4.69, 9.17) is 9.15 Å². The van der Waals surface area contributed by atoms with Crippen molar-refractivity contribution in [2.45, 2.75) is 19.5 Å². The van der Waals surface area contributed by atoms with Crippen LogP contribution in [0.1, 0.15) is 24.3 Å². The Morgan fingerprint density at radius 3 is 2.76 bits per heavy atom. The van der Waals surface area contributed by atoms with Crippen LogP contribution in [0.4, 0.5) is 0 Å². The Balaban J connectivity index is 1.98. The Kier molecular flexibility index (Phi) is 3.83. The van der Waals surface area contributed by atoms with Crippen LogP contribution in [-0.4, -0.2) is 7.11 Å². The molecule has 3 heteroatoms. The topological polar surface area (TPSA) is 34.4 Å². The molecule has 3 nitrogen and oxygen atoms in total. The van der Waals surface area contributed by atoms with Gasteiger partial charge in [0.25, 0.3) is 0 Å². The summed E-state index contributed by atoms with van der Waals surface area (Å²) in [4.78, 5) is 0. The highest BCUT2D eigenvalue weighted by Gasteiger charge is 2.08. The van der Waals surface area contributed by atoms with E-state index in [1.54, 1.807) is 13.4 Å². The van der Waals surface area contributed by atoms with Crippen molar-refractivity contribution < 1.29 is 9.15 Å². The van der Waals surface area contributed by atoms with Crippen LogP contribution < -0.4 is 10.1 Å². The zero-order chi connectivity index (χ0) is 12.1. The average molecular weight is 231 g/mol. The molecule has 0 aliphatic carbocycles. The van der Waals surface area contributed by atoms with Crippen LogP contribution in [0.15, 0.2) is 47.1 Å². The first-order valence-electron chi connectivity index (χ1n) is 5.70. The fourth-order valence-electron chi connectivity index (χ4n) is 1.75. The van der Waals surface area contributed by atoms with Crippen LogP contribution >= 0.6 is 0 Å². The zero-order valence-corrected chi connectivity index (χ0v) is 10.1. The summed E-state index contributed by atoms with van der Waals surface area (Å²) in [6, 6.07) is 12.1. The summed E-state index contributed by atoms with van der Waals surface area (Å²) in [7, 11) is 1.69. The van der Waals surface area contributed by atoms with Gasteiger partial charge in [-0.25, -0.2) is 0 Å². The van der Waals surface area contributed by atoms with E-state index >= 15 is 0 Å². The highest BCUT2D eigenvalue weighted by atomic mass is 16.5. The molecule has 1 atom stereocenters. The summed E-state index contributed by atoms with van der Waals surface area (Å²) >= 11 is 0. The second-order valence-electron chi connectivity index (χ2n) is 3.93. The maximum atomic E-state index is 5.35. The van der Waals surface area contributed by atoms with Crippen LogP contribution in [0.25, 0.3) is 0 Å².